The first-order valence-corrected chi connectivity index (χ1v) is 45.6. The summed E-state index contributed by atoms with van der Waals surface area (Å²) in [6, 6.07) is 142. The van der Waals surface area contributed by atoms with Crippen molar-refractivity contribution in [2.75, 3.05) is 9.80 Å². The standard InChI is InChI=1S/2C58H45NS/c1-3-11-39(12-4-1)43-22-28-55(51(34-43)41-13-5-2-6-14-41)59(47-25-26-50-49-16-8-10-18-56(49)60-57(50)36-47)46-23-19-40(20-24-46)42-21-27-54-52(35-42)48-15-7-9-17-53(48)58(54)44-30-37-29-38(32-44)33-45(58)31-37;1-2-8-39(9-3-1)40-14-16-41(17-15-40)42-18-23-47(24-19-42)59(49-27-28-52-51-11-5-7-13-56(51)60-57(52)36-49)48-25-20-43(21-26-48)44-22-29-55-53(35-44)50-10-4-6-12-54(50)58(55)45-31-37-30-38(33-45)34-46(58)32-37/h1-28,34-38,44-45H,29-33H2;1-29,35-38,45-46H,30-34H2. The zero-order valence-electron chi connectivity index (χ0n) is 67.2. The van der Waals surface area contributed by atoms with E-state index in [1.54, 1.807) is 22.3 Å². The summed E-state index contributed by atoms with van der Waals surface area (Å²) in [6.45, 7) is 0. The summed E-state index contributed by atoms with van der Waals surface area (Å²) in [7, 11) is 0. The molecule has 2 heterocycles. The van der Waals surface area contributed by atoms with Crippen molar-refractivity contribution in [2.45, 2.75) is 75.0 Å². The van der Waals surface area contributed by atoms with E-state index < -0.39 is 0 Å². The van der Waals surface area contributed by atoms with Gasteiger partial charge in [-0.05, 0) is 314 Å². The van der Waals surface area contributed by atoms with Crippen molar-refractivity contribution in [3.05, 3.63) is 398 Å². The highest BCUT2D eigenvalue weighted by atomic mass is 32.1. The molecule has 18 aromatic rings. The minimum absolute atomic E-state index is 0.199. The summed E-state index contributed by atoms with van der Waals surface area (Å²) >= 11 is 3.75. The van der Waals surface area contributed by atoms with E-state index in [4.69, 9.17) is 0 Å². The molecule has 8 bridgehead atoms. The third-order valence-corrected chi connectivity index (χ3v) is 32.4. The molecule has 120 heavy (non-hydrogen) atoms. The van der Waals surface area contributed by atoms with Gasteiger partial charge in [0.15, 0.2) is 0 Å². The van der Waals surface area contributed by atoms with Gasteiger partial charge in [-0.25, -0.2) is 0 Å². The van der Waals surface area contributed by atoms with Gasteiger partial charge in [0.05, 0.1) is 5.69 Å². The molecule has 10 aliphatic carbocycles. The Morgan fingerprint density at radius 2 is 0.483 bits per heavy atom. The van der Waals surface area contributed by atoms with Gasteiger partial charge in [-0.1, -0.05) is 279 Å². The van der Waals surface area contributed by atoms with E-state index in [1.165, 1.54) is 194 Å². The maximum Gasteiger partial charge on any atom is 0.0540 e. The van der Waals surface area contributed by atoms with Crippen LogP contribution in [0.5, 0.6) is 0 Å². The number of thiophene rings is 2. The average molecular weight is 1580 g/mol. The highest BCUT2D eigenvalue weighted by Crippen LogP contribution is 2.72. The fourth-order valence-corrected chi connectivity index (χ4v) is 27.8. The van der Waals surface area contributed by atoms with Gasteiger partial charge in [0.2, 0.25) is 0 Å². The molecule has 8 saturated carbocycles. The molecular formula is C116H90N2S2. The normalized spacial score (nSPS) is 22.1. The van der Waals surface area contributed by atoms with Crippen LogP contribution in [0.2, 0.25) is 0 Å². The fourth-order valence-electron chi connectivity index (χ4n) is 25.5. The number of hydrogen-bond acceptors (Lipinski definition) is 4. The van der Waals surface area contributed by atoms with Gasteiger partial charge in [-0.3, -0.25) is 0 Å². The molecule has 10 aliphatic rings. The Morgan fingerprint density at radius 1 is 0.192 bits per heavy atom. The van der Waals surface area contributed by atoms with Crippen LogP contribution in [0.25, 0.3) is 129 Å². The van der Waals surface area contributed by atoms with Crippen molar-refractivity contribution < 1.29 is 0 Å². The summed E-state index contributed by atoms with van der Waals surface area (Å²) in [6.07, 6.45) is 14.3. The quantitative estimate of drug-likeness (QED) is 0.120. The Bertz CT molecular complexity index is 6980. The zero-order valence-corrected chi connectivity index (χ0v) is 68.8. The SMILES string of the molecule is c1ccc(-c2ccc(-c3ccc(N(c4ccc(-c5ccc6c(c5)-c5ccccc5C65C6CC7CC(C6)CC5C7)cc4)c4ccc5c(c4)sc4ccccc45)cc3)cc2)cc1.c1ccc(-c2ccc(N(c3ccc(-c4ccc5c(c4)-c4ccccc4C54C5CC6CC(C5)CC4C6)cc3)c3ccc4c(c3)sc3ccccc34)c(-c3ccccc3)c2)cc1. The molecule has 576 valence electrons. The predicted octanol–water partition coefficient (Wildman–Crippen LogP) is 32.5. The second-order valence-electron chi connectivity index (χ2n) is 36.2. The van der Waals surface area contributed by atoms with Crippen LogP contribution < -0.4 is 9.80 Å². The minimum Gasteiger partial charge on any atom is -0.310 e. The van der Waals surface area contributed by atoms with Crippen LogP contribution in [0.15, 0.2) is 376 Å². The second-order valence-corrected chi connectivity index (χ2v) is 38.4. The van der Waals surface area contributed by atoms with Crippen molar-refractivity contribution in [1.82, 2.24) is 0 Å². The summed E-state index contributed by atoms with van der Waals surface area (Å²) in [5.74, 6) is 6.93. The third kappa shape index (κ3) is 11.2. The molecule has 2 nitrogen and oxygen atoms in total. The van der Waals surface area contributed by atoms with Crippen LogP contribution in [0.3, 0.4) is 0 Å². The summed E-state index contributed by atoms with van der Waals surface area (Å²) in [4.78, 5) is 4.89. The molecule has 28 rings (SSSR count). The van der Waals surface area contributed by atoms with E-state index in [0.717, 1.165) is 81.5 Å². The molecule has 0 radical (unpaired) electrons. The smallest absolute Gasteiger partial charge is 0.0540 e. The predicted molar refractivity (Wildman–Crippen MR) is 507 cm³/mol. The van der Waals surface area contributed by atoms with Crippen molar-refractivity contribution >= 4 is 97.1 Å². The topological polar surface area (TPSA) is 6.48 Å². The van der Waals surface area contributed by atoms with Gasteiger partial charge >= 0.3 is 0 Å². The number of fused-ring (bicyclic) bond motifs is 12. The number of nitrogens with zero attached hydrogens (tertiary/aromatic N) is 2. The molecule has 0 aliphatic heterocycles. The first-order chi connectivity index (χ1) is 59.4. The molecule has 8 fully saturated rings. The second kappa shape index (κ2) is 28.1. The summed E-state index contributed by atoms with van der Waals surface area (Å²) < 4.78 is 5.26. The lowest BCUT2D eigenvalue weighted by Crippen LogP contribution is -2.55. The summed E-state index contributed by atoms with van der Waals surface area (Å²) in [5, 5.41) is 5.28. The van der Waals surface area contributed by atoms with E-state index in [-0.39, 0.29) is 10.8 Å². The third-order valence-electron chi connectivity index (χ3n) is 30.1. The Hall–Kier alpha value is -12.4. The van der Waals surface area contributed by atoms with Gasteiger partial charge in [0.25, 0.3) is 0 Å². The first kappa shape index (κ1) is 70.6. The lowest BCUT2D eigenvalue weighted by molar-refractivity contribution is -0.0399. The van der Waals surface area contributed by atoms with Crippen LogP contribution in [-0.2, 0) is 10.8 Å². The highest BCUT2D eigenvalue weighted by molar-refractivity contribution is 7.26. The van der Waals surface area contributed by atoms with E-state index in [1.807, 2.05) is 22.7 Å². The van der Waals surface area contributed by atoms with E-state index in [2.05, 4.69) is 386 Å². The lowest BCUT2D eigenvalue weighted by Gasteiger charge is -2.61. The molecule has 0 amide bonds. The van der Waals surface area contributed by atoms with E-state index in [0.29, 0.717) is 0 Å². The Labute approximate surface area is 711 Å². The maximum atomic E-state index is 2.55. The molecular weight excluding hydrogens is 1490 g/mol. The monoisotopic (exact) mass is 1570 g/mol. The largest absolute Gasteiger partial charge is 0.310 e. The average Bonchev–Trinajstić information content (AvgIpc) is 1.50. The van der Waals surface area contributed by atoms with E-state index in [9.17, 15) is 0 Å². The molecule has 0 saturated heterocycles. The Morgan fingerprint density at radius 3 is 0.917 bits per heavy atom. The maximum absolute atomic E-state index is 2.55. The van der Waals surface area contributed by atoms with Crippen LogP contribution in [0.4, 0.5) is 34.1 Å². The minimum atomic E-state index is 0.199. The number of rotatable bonds is 12. The van der Waals surface area contributed by atoms with Gasteiger partial charge in [-0.2, -0.15) is 0 Å². The molecule has 0 N–H and O–H groups in total. The van der Waals surface area contributed by atoms with Crippen LogP contribution >= 0.6 is 22.7 Å². The Balaban J connectivity index is 0.000000133. The van der Waals surface area contributed by atoms with Gasteiger partial charge in [0.1, 0.15) is 0 Å². The van der Waals surface area contributed by atoms with Crippen LogP contribution in [0, 0.1) is 47.3 Å². The van der Waals surface area contributed by atoms with E-state index >= 15 is 0 Å². The molecule has 2 aromatic heterocycles. The molecule has 16 aromatic carbocycles. The summed E-state index contributed by atoms with van der Waals surface area (Å²) in [5.41, 5.74) is 34.6. The molecule has 0 atom stereocenters. The number of benzene rings is 16. The Kier molecular flexibility index (Phi) is 16.5. The van der Waals surface area contributed by atoms with Crippen LogP contribution in [-0.4, -0.2) is 0 Å². The molecule has 0 unspecified atom stereocenters. The number of hydrogen-bond donors (Lipinski definition) is 0. The molecule has 4 heteroatoms. The van der Waals surface area contributed by atoms with Gasteiger partial charge in [-0.15, -0.1) is 22.7 Å². The van der Waals surface area contributed by atoms with Crippen molar-refractivity contribution in [3.63, 3.8) is 0 Å². The molecule has 2 spiro atoms. The van der Waals surface area contributed by atoms with Crippen molar-refractivity contribution in [1.29, 1.82) is 0 Å². The highest BCUT2D eigenvalue weighted by Gasteiger charge is 2.63. The first-order valence-electron chi connectivity index (χ1n) is 44.0. The number of anilines is 6. The lowest BCUT2D eigenvalue weighted by atomic mass is 9.43. The zero-order chi connectivity index (χ0) is 78.7. The van der Waals surface area contributed by atoms with Crippen molar-refractivity contribution in [3.8, 4) is 89.0 Å². The van der Waals surface area contributed by atoms with Crippen LogP contribution in [0.1, 0.15) is 86.5 Å². The van der Waals surface area contributed by atoms with Gasteiger partial charge in [0, 0.05) is 85.2 Å². The fraction of sp³-hybridized carbons (Fsp3) is 0.172. The van der Waals surface area contributed by atoms with Crippen molar-refractivity contribution in [2.24, 2.45) is 47.3 Å². The van der Waals surface area contributed by atoms with Gasteiger partial charge < -0.3 is 9.80 Å².